The number of aliphatic hydroxyl groups excluding tert-OH is 1. The highest BCUT2D eigenvalue weighted by Gasteiger charge is 2.10. The van der Waals surface area contributed by atoms with Crippen molar-refractivity contribution in [1.82, 2.24) is 4.98 Å². The largest absolute Gasteiger partial charge is 0.392 e. The van der Waals surface area contributed by atoms with Crippen molar-refractivity contribution in [1.29, 1.82) is 0 Å². The predicted molar refractivity (Wildman–Crippen MR) is 56.5 cm³/mol. The smallest absolute Gasteiger partial charge is 0.0618 e. The lowest BCUT2D eigenvalue weighted by Gasteiger charge is -2.13. The molecule has 0 saturated heterocycles. The Bertz CT molecular complexity index is 258. The van der Waals surface area contributed by atoms with Gasteiger partial charge in [-0.2, -0.15) is 0 Å². The number of hydrogen-bond acceptors (Lipinski definition) is 2. The number of nitrogens with zero attached hydrogens (tertiary/aromatic N) is 1. The van der Waals surface area contributed by atoms with E-state index in [1.165, 1.54) is 0 Å². The molecule has 0 radical (unpaired) electrons. The summed E-state index contributed by atoms with van der Waals surface area (Å²) in [6.07, 6.45) is 2.08. The lowest BCUT2D eigenvalue weighted by atomic mass is 10.0. The van der Waals surface area contributed by atoms with E-state index in [0.29, 0.717) is 6.42 Å². The van der Waals surface area contributed by atoms with Crippen LogP contribution in [0.3, 0.4) is 0 Å². The highest BCUT2D eigenvalue weighted by atomic mass is 79.9. The summed E-state index contributed by atoms with van der Waals surface area (Å²) in [5.74, 6) is 0.283. The van der Waals surface area contributed by atoms with Gasteiger partial charge in [0.15, 0.2) is 0 Å². The number of aliphatic hydroxyl groups is 1. The van der Waals surface area contributed by atoms with Crippen LogP contribution in [0, 0.1) is 5.92 Å². The molecule has 2 nitrogen and oxygen atoms in total. The Kier molecular flexibility index (Phi) is 3.88. The van der Waals surface area contributed by atoms with Gasteiger partial charge < -0.3 is 5.11 Å². The van der Waals surface area contributed by atoms with Gasteiger partial charge in [-0.25, -0.2) is 0 Å². The molecule has 1 rings (SSSR count). The molecule has 1 unspecified atom stereocenters. The molecule has 3 heteroatoms. The molecular formula is C10H14BrNO. The van der Waals surface area contributed by atoms with E-state index in [2.05, 4.69) is 20.9 Å². The first-order chi connectivity index (χ1) is 6.09. The SMILES string of the molecule is CC(C)C(O)Cc1ccc(Br)cn1. The van der Waals surface area contributed by atoms with Crippen LogP contribution in [-0.2, 0) is 6.42 Å². The maximum absolute atomic E-state index is 9.60. The fourth-order valence-electron chi connectivity index (χ4n) is 0.977. The van der Waals surface area contributed by atoms with Crippen molar-refractivity contribution in [2.24, 2.45) is 5.92 Å². The van der Waals surface area contributed by atoms with Gasteiger partial charge in [0.1, 0.15) is 0 Å². The van der Waals surface area contributed by atoms with Crippen molar-refractivity contribution in [3.05, 3.63) is 28.5 Å². The first-order valence-electron chi connectivity index (χ1n) is 4.38. The molecule has 13 heavy (non-hydrogen) atoms. The fourth-order valence-corrected chi connectivity index (χ4v) is 1.21. The first kappa shape index (κ1) is 10.7. The molecule has 0 fully saturated rings. The highest BCUT2D eigenvalue weighted by molar-refractivity contribution is 9.10. The number of aromatic nitrogens is 1. The van der Waals surface area contributed by atoms with Crippen molar-refractivity contribution >= 4 is 15.9 Å². The highest BCUT2D eigenvalue weighted by Crippen LogP contribution is 2.11. The van der Waals surface area contributed by atoms with Crippen molar-refractivity contribution in [3.8, 4) is 0 Å². The van der Waals surface area contributed by atoms with Gasteiger partial charge in [-0.1, -0.05) is 13.8 Å². The van der Waals surface area contributed by atoms with E-state index in [-0.39, 0.29) is 12.0 Å². The Morgan fingerprint density at radius 2 is 2.15 bits per heavy atom. The number of hydrogen-bond donors (Lipinski definition) is 1. The molecule has 1 heterocycles. The van der Waals surface area contributed by atoms with Gasteiger partial charge in [0.05, 0.1) is 6.10 Å². The predicted octanol–water partition coefficient (Wildman–Crippen LogP) is 2.40. The summed E-state index contributed by atoms with van der Waals surface area (Å²) >= 11 is 3.32. The van der Waals surface area contributed by atoms with Gasteiger partial charge in [-0.05, 0) is 34.0 Å². The van der Waals surface area contributed by atoms with Gasteiger partial charge >= 0.3 is 0 Å². The van der Waals surface area contributed by atoms with E-state index in [1.807, 2.05) is 26.0 Å². The lowest BCUT2D eigenvalue weighted by molar-refractivity contribution is 0.124. The molecule has 1 aromatic heterocycles. The quantitative estimate of drug-likeness (QED) is 0.885. The Hall–Kier alpha value is -0.410. The fraction of sp³-hybridized carbons (Fsp3) is 0.500. The van der Waals surface area contributed by atoms with Gasteiger partial charge in [-0.15, -0.1) is 0 Å². The Morgan fingerprint density at radius 1 is 1.46 bits per heavy atom. The Labute approximate surface area is 87.1 Å². The molecule has 0 aliphatic rings. The summed E-state index contributed by atoms with van der Waals surface area (Å²) in [6, 6.07) is 3.87. The molecule has 1 atom stereocenters. The molecule has 1 N–H and O–H groups in total. The van der Waals surface area contributed by atoms with E-state index in [1.54, 1.807) is 6.20 Å². The molecule has 72 valence electrons. The minimum absolute atomic E-state index is 0.283. The summed E-state index contributed by atoms with van der Waals surface area (Å²) < 4.78 is 0.968. The third-order valence-electron chi connectivity index (χ3n) is 1.98. The van der Waals surface area contributed by atoms with Crippen LogP contribution in [0.2, 0.25) is 0 Å². The number of pyridine rings is 1. The molecule has 0 amide bonds. The third-order valence-corrected chi connectivity index (χ3v) is 2.45. The summed E-state index contributed by atoms with van der Waals surface area (Å²) in [5, 5.41) is 9.60. The van der Waals surface area contributed by atoms with Crippen LogP contribution < -0.4 is 0 Å². The molecule has 0 spiro atoms. The molecule has 0 saturated carbocycles. The minimum Gasteiger partial charge on any atom is -0.392 e. The second kappa shape index (κ2) is 4.72. The van der Waals surface area contributed by atoms with Crippen LogP contribution in [0.15, 0.2) is 22.8 Å². The Morgan fingerprint density at radius 3 is 2.62 bits per heavy atom. The molecule has 0 bridgehead atoms. The lowest BCUT2D eigenvalue weighted by Crippen LogP contribution is -2.18. The third kappa shape index (κ3) is 3.44. The van der Waals surface area contributed by atoms with Crippen LogP contribution in [0.4, 0.5) is 0 Å². The van der Waals surface area contributed by atoms with Crippen LogP contribution >= 0.6 is 15.9 Å². The van der Waals surface area contributed by atoms with Crippen LogP contribution in [-0.4, -0.2) is 16.2 Å². The second-order valence-electron chi connectivity index (χ2n) is 3.48. The molecule has 0 aliphatic carbocycles. The first-order valence-corrected chi connectivity index (χ1v) is 5.17. The molecule has 0 aliphatic heterocycles. The van der Waals surface area contributed by atoms with Crippen LogP contribution in [0.25, 0.3) is 0 Å². The standard InChI is InChI=1S/C10H14BrNO/c1-7(2)10(13)5-9-4-3-8(11)6-12-9/h3-4,6-7,10,13H,5H2,1-2H3. The number of rotatable bonds is 3. The van der Waals surface area contributed by atoms with Gasteiger partial charge in [0.25, 0.3) is 0 Å². The van der Waals surface area contributed by atoms with E-state index in [9.17, 15) is 5.11 Å². The van der Waals surface area contributed by atoms with Crippen molar-refractivity contribution in [3.63, 3.8) is 0 Å². The average molecular weight is 244 g/mol. The summed E-state index contributed by atoms with van der Waals surface area (Å²) in [4.78, 5) is 4.19. The van der Waals surface area contributed by atoms with Crippen molar-refractivity contribution in [2.45, 2.75) is 26.4 Å². The van der Waals surface area contributed by atoms with E-state index < -0.39 is 0 Å². The van der Waals surface area contributed by atoms with E-state index >= 15 is 0 Å². The summed E-state index contributed by atoms with van der Waals surface area (Å²) in [6.45, 7) is 4.01. The monoisotopic (exact) mass is 243 g/mol. The van der Waals surface area contributed by atoms with Gasteiger partial charge in [-0.3, -0.25) is 4.98 Å². The van der Waals surface area contributed by atoms with Crippen molar-refractivity contribution in [2.75, 3.05) is 0 Å². The van der Waals surface area contributed by atoms with Crippen molar-refractivity contribution < 1.29 is 5.11 Å². The Balaban J connectivity index is 2.59. The zero-order valence-electron chi connectivity index (χ0n) is 7.87. The zero-order chi connectivity index (χ0) is 9.84. The van der Waals surface area contributed by atoms with Gasteiger partial charge in [0, 0.05) is 22.8 Å². The second-order valence-corrected chi connectivity index (χ2v) is 4.40. The topological polar surface area (TPSA) is 33.1 Å². The average Bonchev–Trinajstić information content (AvgIpc) is 2.08. The molecule has 1 aromatic rings. The normalized spacial score (nSPS) is 13.3. The van der Waals surface area contributed by atoms with E-state index in [0.717, 1.165) is 10.2 Å². The van der Waals surface area contributed by atoms with Crippen LogP contribution in [0.5, 0.6) is 0 Å². The summed E-state index contributed by atoms with van der Waals surface area (Å²) in [5.41, 5.74) is 0.935. The molecular weight excluding hydrogens is 230 g/mol. The maximum Gasteiger partial charge on any atom is 0.0618 e. The number of halogens is 1. The summed E-state index contributed by atoms with van der Waals surface area (Å²) in [7, 11) is 0. The van der Waals surface area contributed by atoms with Gasteiger partial charge in [0.2, 0.25) is 0 Å². The van der Waals surface area contributed by atoms with E-state index in [4.69, 9.17) is 0 Å². The molecule has 0 aromatic carbocycles. The van der Waals surface area contributed by atoms with Crippen LogP contribution in [0.1, 0.15) is 19.5 Å². The minimum atomic E-state index is -0.298. The maximum atomic E-state index is 9.60. The zero-order valence-corrected chi connectivity index (χ0v) is 9.45.